The molecular formula is C29H21Cl2NO4. The molecule has 1 N–H and O–H groups in total. The maximum Gasteiger partial charge on any atom is 0.188 e. The van der Waals surface area contributed by atoms with Crippen molar-refractivity contribution in [3.05, 3.63) is 135 Å². The van der Waals surface area contributed by atoms with Gasteiger partial charge in [0.15, 0.2) is 17.2 Å². The number of para-hydroxylation sites is 1. The van der Waals surface area contributed by atoms with Gasteiger partial charge < -0.3 is 19.1 Å². The highest BCUT2D eigenvalue weighted by atomic mass is 35.5. The molecule has 0 aliphatic carbocycles. The second-order valence-corrected chi connectivity index (χ2v) is 8.91. The molecule has 3 aromatic carbocycles. The molecule has 1 fully saturated rings. The number of nitrogens with zero attached hydrogens (tertiary/aromatic N) is 1. The van der Waals surface area contributed by atoms with Crippen LogP contribution in [0.25, 0.3) is 11.6 Å². The Morgan fingerprint density at radius 2 is 1.75 bits per heavy atom. The summed E-state index contributed by atoms with van der Waals surface area (Å²) in [6, 6.07) is 26.5. The molecule has 36 heavy (non-hydrogen) atoms. The molecule has 5 nitrogen and oxygen atoms in total. The first-order valence-corrected chi connectivity index (χ1v) is 12.0. The third kappa shape index (κ3) is 5.18. The Bertz CT molecular complexity index is 1460. The van der Waals surface area contributed by atoms with E-state index in [4.69, 9.17) is 37.1 Å². The van der Waals surface area contributed by atoms with Crippen LogP contribution in [-0.2, 0) is 17.8 Å². The van der Waals surface area contributed by atoms with Crippen LogP contribution in [0.1, 0.15) is 22.5 Å². The van der Waals surface area contributed by atoms with E-state index < -0.39 is 0 Å². The third-order valence-electron chi connectivity index (χ3n) is 5.68. The number of benzene rings is 3. The molecule has 0 amide bonds. The van der Waals surface area contributed by atoms with E-state index in [0.717, 1.165) is 22.3 Å². The summed E-state index contributed by atoms with van der Waals surface area (Å²) in [4.78, 5) is 0. The number of halogens is 2. The second-order valence-electron chi connectivity index (χ2n) is 8.07. The van der Waals surface area contributed by atoms with Gasteiger partial charge in [-0.25, -0.2) is 0 Å². The van der Waals surface area contributed by atoms with E-state index in [2.05, 4.69) is 5.16 Å². The van der Waals surface area contributed by atoms with Crippen molar-refractivity contribution >= 4 is 40.6 Å². The average molecular weight is 518 g/mol. The zero-order valence-corrected chi connectivity index (χ0v) is 20.5. The summed E-state index contributed by atoms with van der Waals surface area (Å²) in [5, 5.41) is 14.4. The van der Waals surface area contributed by atoms with Crippen molar-refractivity contribution in [2.24, 2.45) is 5.16 Å². The summed E-state index contributed by atoms with van der Waals surface area (Å²) in [7, 11) is 0. The topological polar surface area (TPSA) is 64.2 Å². The molecule has 2 heterocycles. The van der Waals surface area contributed by atoms with Crippen LogP contribution >= 0.6 is 23.2 Å². The average Bonchev–Trinajstić information content (AvgIpc) is 3.40. The lowest BCUT2D eigenvalue weighted by molar-refractivity contribution is 0.275. The predicted octanol–water partition coefficient (Wildman–Crippen LogP) is 8.02. The Hall–Kier alpha value is -3.93. The fourth-order valence-corrected chi connectivity index (χ4v) is 4.38. The second kappa shape index (κ2) is 10.8. The highest BCUT2D eigenvalue weighted by Gasteiger charge is 2.34. The lowest BCUT2D eigenvalue weighted by Gasteiger charge is -2.28. The van der Waals surface area contributed by atoms with E-state index in [-0.39, 0.29) is 0 Å². The van der Waals surface area contributed by atoms with Crippen molar-refractivity contribution in [1.82, 2.24) is 0 Å². The minimum atomic E-state index is 0.310. The van der Waals surface area contributed by atoms with Gasteiger partial charge in [-0.1, -0.05) is 83.0 Å². The van der Waals surface area contributed by atoms with Crippen LogP contribution in [0.3, 0.4) is 0 Å². The van der Waals surface area contributed by atoms with Gasteiger partial charge in [0.25, 0.3) is 0 Å². The standard InChI is InChI=1S/C29H21Cl2NO4/c30-21-13-12-20(25(31)16-21)15-24(29-28(32-33)27(36-29)17-22-9-6-14-34-22)23-10-4-5-11-26(23)35-18-19-7-2-1-3-8-19/h1-14,16-17,33H,15,18H2/b27-17-,29-24-,32-28+. The van der Waals surface area contributed by atoms with Crippen LogP contribution in [-0.4, -0.2) is 10.9 Å². The Kier molecular flexibility index (Phi) is 7.12. The van der Waals surface area contributed by atoms with E-state index in [0.29, 0.717) is 51.8 Å². The molecular weight excluding hydrogens is 497 g/mol. The number of hydrogen-bond acceptors (Lipinski definition) is 5. The molecule has 0 atom stereocenters. The van der Waals surface area contributed by atoms with Gasteiger partial charge in [0, 0.05) is 33.7 Å². The van der Waals surface area contributed by atoms with Gasteiger partial charge in [-0.15, -0.1) is 0 Å². The zero-order chi connectivity index (χ0) is 24.9. The normalized spacial score (nSPS) is 16.5. The molecule has 1 aliphatic rings. The van der Waals surface area contributed by atoms with Crippen molar-refractivity contribution < 1.29 is 19.1 Å². The molecule has 1 aliphatic heterocycles. The van der Waals surface area contributed by atoms with Gasteiger partial charge in [-0.3, -0.25) is 0 Å². The van der Waals surface area contributed by atoms with Crippen molar-refractivity contribution in [2.75, 3.05) is 0 Å². The van der Waals surface area contributed by atoms with Crippen LogP contribution < -0.4 is 4.74 Å². The van der Waals surface area contributed by atoms with Crippen LogP contribution in [0.5, 0.6) is 5.75 Å². The minimum absolute atomic E-state index is 0.310. The first-order valence-electron chi connectivity index (χ1n) is 11.2. The van der Waals surface area contributed by atoms with Crippen molar-refractivity contribution in [1.29, 1.82) is 0 Å². The highest BCUT2D eigenvalue weighted by molar-refractivity contribution is 6.35. The van der Waals surface area contributed by atoms with Crippen molar-refractivity contribution in [3.8, 4) is 5.75 Å². The molecule has 0 unspecified atom stereocenters. The summed E-state index contributed by atoms with van der Waals surface area (Å²) in [5.41, 5.74) is 3.75. The number of rotatable bonds is 7. The molecule has 0 saturated carbocycles. The van der Waals surface area contributed by atoms with Gasteiger partial charge in [0.2, 0.25) is 0 Å². The molecule has 4 aromatic rings. The van der Waals surface area contributed by atoms with E-state index in [1.807, 2.05) is 60.7 Å². The fourth-order valence-electron chi connectivity index (χ4n) is 3.90. The Balaban J connectivity index is 1.56. The van der Waals surface area contributed by atoms with Crippen LogP contribution in [0.4, 0.5) is 0 Å². The molecule has 1 aromatic heterocycles. The number of hydrogen-bond donors (Lipinski definition) is 1. The molecule has 1 saturated heterocycles. The van der Waals surface area contributed by atoms with E-state index in [1.54, 1.807) is 36.6 Å². The number of ether oxygens (including phenoxy) is 2. The van der Waals surface area contributed by atoms with Crippen LogP contribution in [0.15, 0.2) is 112 Å². The van der Waals surface area contributed by atoms with E-state index in [9.17, 15) is 5.21 Å². The Morgan fingerprint density at radius 1 is 0.944 bits per heavy atom. The Morgan fingerprint density at radius 3 is 2.50 bits per heavy atom. The summed E-state index contributed by atoms with van der Waals surface area (Å²) in [6.45, 7) is 0.396. The molecule has 7 heteroatoms. The van der Waals surface area contributed by atoms with E-state index in [1.165, 1.54) is 0 Å². The summed E-state index contributed by atoms with van der Waals surface area (Å²) < 4.78 is 17.6. The van der Waals surface area contributed by atoms with Crippen molar-refractivity contribution in [3.63, 3.8) is 0 Å². The summed E-state index contributed by atoms with van der Waals surface area (Å²) in [6.07, 6.45) is 3.62. The predicted molar refractivity (Wildman–Crippen MR) is 141 cm³/mol. The number of oxime groups is 1. The fraction of sp³-hybridized carbons (Fsp3) is 0.0690. The van der Waals surface area contributed by atoms with Crippen molar-refractivity contribution in [2.45, 2.75) is 13.0 Å². The SMILES string of the molecule is O/N=C1C(=C\c2ccco2)\OC\1=C(\Cc1ccc(Cl)cc1Cl)c1ccccc1OCc1ccccc1. The first kappa shape index (κ1) is 23.8. The largest absolute Gasteiger partial charge is 0.488 e. The quantitative estimate of drug-likeness (QED) is 0.199. The first-order chi connectivity index (χ1) is 17.6. The van der Waals surface area contributed by atoms with Gasteiger partial charge in [0.1, 0.15) is 18.1 Å². The smallest absolute Gasteiger partial charge is 0.188 e. The van der Waals surface area contributed by atoms with Gasteiger partial charge in [-0.05, 0) is 41.5 Å². The van der Waals surface area contributed by atoms with Crippen LogP contribution in [0, 0.1) is 0 Å². The van der Waals surface area contributed by atoms with Gasteiger partial charge >= 0.3 is 0 Å². The van der Waals surface area contributed by atoms with Gasteiger partial charge in [-0.2, -0.15) is 0 Å². The molecule has 0 radical (unpaired) electrons. The van der Waals surface area contributed by atoms with E-state index >= 15 is 0 Å². The van der Waals surface area contributed by atoms with Crippen LogP contribution in [0.2, 0.25) is 10.0 Å². The lowest BCUT2D eigenvalue weighted by Crippen LogP contribution is -2.25. The monoisotopic (exact) mass is 517 g/mol. The molecule has 180 valence electrons. The maximum absolute atomic E-state index is 9.86. The van der Waals surface area contributed by atoms with Gasteiger partial charge in [0.05, 0.1) is 6.26 Å². The Labute approximate surface area is 218 Å². The maximum atomic E-state index is 9.86. The summed E-state index contributed by atoms with van der Waals surface area (Å²) in [5.74, 6) is 2.07. The lowest BCUT2D eigenvalue weighted by atomic mass is 9.92. The third-order valence-corrected chi connectivity index (χ3v) is 6.27. The molecule has 0 bridgehead atoms. The highest BCUT2D eigenvalue weighted by Crippen LogP contribution is 2.40. The number of allylic oxidation sites excluding steroid dienone is 1. The number of furan rings is 1. The summed E-state index contributed by atoms with van der Waals surface area (Å²) >= 11 is 12.6. The zero-order valence-electron chi connectivity index (χ0n) is 19.0. The molecule has 5 rings (SSSR count). The minimum Gasteiger partial charge on any atom is -0.488 e. The molecule has 0 spiro atoms.